The van der Waals surface area contributed by atoms with Crippen molar-refractivity contribution in [2.45, 2.75) is 53.1 Å². The predicted octanol–water partition coefficient (Wildman–Crippen LogP) is 2.37. The summed E-state index contributed by atoms with van der Waals surface area (Å²) in [5.41, 5.74) is 0. The molecule has 1 rings (SSSR count). The lowest BCUT2D eigenvalue weighted by atomic mass is 10.0. The summed E-state index contributed by atoms with van der Waals surface area (Å²) in [6.07, 6.45) is 1.27. The molecule has 0 amide bonds. The summed E-state index contributed by atoms with van der Waals surface area (Å²) in [5.74, 6) is 1.41. The zero-order chi connectivity index (χ0) is 13.5. The van der Waals surface area contributed by atoms with E-state index in [0.717, 1.165) is 32.2 Å². The molecule has 0 aromatic rings. The Hall–Kier alpha value is -0.120. The molecule has 0 aromatic carbocycles. The van der Waals surface area contributed by atoms with Crippen LogP contribution in [-0.4, -0.2) is 49.8 Å². The Labute approximate surface area is 113 Å². The maximum Gasteiger partial charge on any atom is 0.0593 e. The average molecular weight is 256 g/mol. The van der Waals surface area contributed by atoms with Gasteiger partial charge in [0, 0.05) is 38.3 Å². The third-order valence-corrected chi connectivity index (χ3v) is 3.51. The maximum absolute atomic E-state index is 5.70. The van der Waals surface area contributed by atoms with Crippen LogP contribution in [0.3, 0.4) is 0 Å². The molecule has 0 aromatic heterocycles. The molecule has 1 aliphatic rings. The van der Waals surface area contributed by atoms with E-state index >= 15 is 0 Å². The Morgan fingerprint density at radius 2 is 1.94 bits per heavy atom. The summed E-state index contributed by atoms with van der Waals surface area (Å²) < 4.78 is 5.70. The van der Waals surface area contributed by atoms with Crippen LogP contribution in [0.1, 0.15) is 41.0 Å². The Morgan fingerprint density at radius 3 is 2.56 bits per heavy atom. The number of hydrogen-bond acceptors (Lipinski definition) is 3. The van der Waals surface area contributed by atoms with Gasteiger partial charge in [0.1, 0.15) is 0 Å². The van der Waals surface area contributed by atoms with E-state index in [0.29, 0.717) is 18.0 Å². The molecule has 108 valence electrons. The van der Waals surface area contributed by atoms with E-state index in [-0.39, 0.29) is 0 Å². The summed E-state index contributed by atoms with van der Waals surface area (Å²) in [5, 5.41) is 3.66. The van der Waals surface area contributed by atoms with Crippen LogP contribution < -0.4 is 5.32 Å². The molecule has 0 bridgehead atoms. The highest BCUT2D eigenvalue weighted by Crippen LogP contribution is 2.12. The fourth-order valence-corrected chi connectivity index (χ4v) is 2.53. The third-order valence-electron chi connectivity index (χ3n) is 3.51. The Kier molecular flexibility index (Phi) is 7.20. The lowest BCUT2D eigenvalue weighted by molar-refractivity contribution is 0.0570. The molecule has 2 atom stereocenters. The van der Waals surface area contributed by atoms with Gasteiger partial charge in [-0.1, -0.05) is 27.7 Å². The minimum absolute atomic E-state index is 0.635. The summed E-state index contributed by atoms with van der Waals surface area (Å²) in [6, 6.07) is 1.29. The minimum Gasteiger partial charge on any atom is -0.380 e. The van der Waals surface area contributed by atoms with Crippen molar-refractivity contribution in [3.63, 3.8) is 0 Å². The van der Waals surface area contributed by atoms with Gasteiger partial charge < -0.3 is 10.1 Å². The number of hydrogen-bond donors (Lipinski definition) is 1. The molecule has 1 fully saturated rings. The van der Waals surface area contributed by atoms with Crippen molar-refractivity contribution < 1.29 is 4.74 Å². The Bertz CT molecular complexity index is 219. The molecule has 0 spiro atoms. The normalized spacial score (nSPS) is 26.2. The average Bonchev–Trinajstić information content (AvgIpc) is 2.27. The van der Waals surface area contributed by atoms with Gasteiger partial charge >= 0.3 is 0 Å². The number of nitrogens with zero attached hydrogens (tertiary/aromatic N) is 1. The Morgan fingerprint density at radius 1 is 1.22 bits per heavy atom. The molecule has 1 N–H and O–H groups in total. The SMILES string of the molecule is CC(C)COCCN1CC(CC(C)C)NCC1C. The fraction of sp³-hybridized carbons (Fsp3) is 1.00. The van der Waals surface area contributed by atoms with Crippen LogP contribution in [0.5, 0.6) is 0 Å². The van der Waals surface area contributed by atoms with Crippen LogP contribution in [0, 0.1) is 11.8 Å². The Balaban J connectivity index is 2.24. The molecule has 0 aliphatic carbocycles. The highest BCUT2D eigenvalue weighted by Gasteiger charge is 2.24. The second-order valence-corrected chi connectivity index (χ2v) is 6.55. The first-order valence-corrected chi connectivity index (χ1v) is 7.54. The molecule has 1 heterocycles. The lowest BCUT2D eigenvalue weighted by Gasteiger charge is -2.39. The zero-order valence-corrected chi connectivity index (χ0v) is 12.9. The van der Waals surface area contributed by atoms with E-state index in [2.05, 4.69) is 44.8 Å². The summed E-state index contributed by atoms with van der Waals surface area (Å²) >= 11 is 0. The van der Waals surface area contributed by atoms with Crippen LogP contribution >= 0.6 is 0 Å². The molecular formula is C15H32N2O. The van der Waals surface area contributed by atoms with Gasteiger partial charge in [0.2, 0.25) is 0 Å². The quantitative estimate of drug-likeness (QED) is 0.708. The van der Waals surface area contributed by atoms with Crippen molar-refractivity contribution >= 4 is 0 Å². The first-order valence-electron chi connectivity index (χ1n) is 7.54. The van der Waals surface area contributed by atoms with Crippen molar-refractivity contribution in [1.82, 2.24) is 10.2 Å². The van der Waals surface area contributed by atoms with Crippen LogP contribution in [0.2, 0.25) is 0 Å². The van der Waals surface area contributed by atoms with E-state index in [9.17, 15) is 0 Å². The largest absolute Gasteiger partial charge is 0.380 e. The standard InChI is InChI=1S/C15H32N2O/c1-12(2)8-15-10-17(14(5)9-16-15)6-7-18-11-13(3)4/h12-16H,6-11H2,1-5H3. The van der Waals surface area contributed by atoms with E-state index in [1.807, 2.05) is 0 Å². The van der Waals surface area contributed by atoms with Gasteiger partial charge in [-0.15, -0.1) is 0 Å². The van der Waals surface area contributed by atoms with Crippen molar-refractivity contribution in [3.8, 4) is 0 Å². The zero-order valence-electron chi connectivity index (χ0n) is 12.9. The van der Waals surface area contributed by atoms with E-state index in [1.54, 1.807) is 0 Å². The van der Waals surface area contributed by atoms with E-state index in [1.165, 1.54) is 13.0 Å². The first-order chi connectivity index (χ1) is 8.49. The molecule has 1 saturated heterocycles. The summed E-state index contributed by atoms with van der Waals surface area (Å²) in [6.45, 7) is 16.4. The highest BCUT2D eigenvalue weighted by molar-refractivity contribution is 4.84. The molecule has 0 saturated carbocycles. The van der Waals surface area contributed by atoms with Crippen molar-refractivity contribution in [2.24, 2.45) is 11.8 Å². The van der Waals surface area contributed by atoms with Gasteiger partial charge in [0.25, 0.3) is 0 Å². The highest BCUT2D eigenvalue weighted by atomic mass is 16.5. The topological polar surface area (TPSA) is 24.5 Å². The van der Waals surface area contributed by atoms with Gasteiger partial charge in [-0.05, 0) is 25.2 Å². The van der Waals surface area contributed by atoms with Gasteiger partial charge in [-0.3, -0.25) is 4.90 Å². The number of rotatable bonds is 7. The third kappa shape index (κ3) is 6.17. The number of ether oxygens (including phenoxy) is 1. The molecule has 3 nitrogen and oxygen atoms in total. The molecule has 2 unspecified atom stereocenters. The monoisotopic (exact) mass is 256 g/mol. The van der Waals surface area contributed by atoms with Crippen molar-refractivity contribution in [3.05, 3.63) is 0 Å². The second-order valence-electron chi connectivity index (χ2n) is 6.55. The van der Waals surface area contributed by atoms with Gasteiger partial charge in [-0.2, -0.15) is 0 Å². The maximum atomic E-state index is 5.70. The lowest BCUT2D eigenvalue weighted by Crippen LogP contribution is -2.56. The summed E-state index contributed by atoms with van der Waals surface area (Å²) in [4.78, 5) is 2.57. The predicted molar refractivity (Wildman–Crippen MR) is 77.9 cm³/mol. The molecule has 18 heavy (non-hydrogen) atoms. The van der Waals surface area contributed by atoms with Gasteiger partial charge in [-0.25, -0.2) is 0 Å². The van der Waals surface area contributed by atoms with Gasteiger partial charge in [0.05, 0.1) is 6.61 Å². The molecule has 3 heteroatoms. The summed E-state index contributed by atoms with van der Waals surface area (Å²) in [7, 11) is 0. The fourth-order valence-electron chi connectivity index (χ4n) is 2.53. The van der Waals surface area contributed by atoms with Crippen LogP contribution in [0.15, 0.2) is 0 Å². The number of piperazine rings is 1. The van der Waals surface area contributed by atoms with E-state index in [4.69, 9.17) is 4.74 Å². The first kappa shape index (κ1) is 15.9. The van der Waals surface area contributed by atoms with Gasteiger partial charge in [0.15, 0.2) is 0 Å². The number of nitrogens with one attached hydrogen (secondary N) is 1. The van der Waals surface area contributed by atoms with Crippen molar-refractivity contribution in [2.75, 3.05) is 32.8 Å². The molecule has 1 aliphatic heterocycles. The minimum atomic E-state index is 0.635. The smallest absolute Gasteiger partial charge is 0.0593 e. The molecule has 0 radical (unpaired) electrons. The van der Waals surface area contributed by atoms with Crippen LogP contribution in [-0.2, 0) is 4.74 Å². The second kappa shape index (κ2) is 8.13. The van der Waals surface area contributed by atoms with Crippen LogP contribution in [0.25, 0.3) is 0 Å². The van der Waals surface area contributed by atoms with E-state index < -0.39 is 0 Å². The molecular weight excluding hydrogens is 224 g/mol. The van der Waals surface area contributed by atoms with Crippen LogP contribution in [0.4, 0.5) is 0 Å². The van der Waals surface area contributed by atoms with Crippen molar-refractivity contribution in [1.29, 1.82) is 0 Å².